The van der Waals surface area contributed by atoms with Crippen LogP contribution in [0.2, 0.25) is 0 Å². The fourth-order valence-electron chi connectivity index (χ4n) is 2.42. The van der Waals surface area contributed by atoms with Crippen LogP contribution in [0.15, 0.2) is 40.9 Å². The minimum atomic E-state index is -0.358. The van der Waals surface area contributed by atoms with Crippen LogP contribution in [0.25, 0.3) is 11.3 Å². The van der Waals surface area contributed by atoms with Gasteiger partial charge in [-0.25, -0.2) is 4.39 Å². The zero-order chi connectivity index (χ0) is 19.2. The van der Waals surface area contributed by atoms with E-state index >= 15 is 0 Å². The Morgan fingerprint density at radius 2 is 2.11 bits per heavy atom. The third-order valence-electron chi connectivity index (χ3n) is 3.86. The van der Waals surface area contributed by atoms with E-state index < -0.39 is 0 Å². The van der Waals surface area contributed by atoms with Crippen molar-refractivity contribution < 1.29 is 18.4 Å². The number of halogens is 1. The fraction of sp³-hybridized carbons (Fsp3) is 0.263. The molecule has 3 rings (SSSR count). The number of hydrogen-bond acceptors (Lipinski definition) is 6. The molecule has 2 heterocycles. The van der Waals surface area contributed by atoms with Gasteiger partial charge in [0, 0.05) is 18.2 Å². The summed E-state index contributed by atoms with van der Waals surface area (Å²) in [4.78, 5) is 11.8. The summed E-state index contributed by atoms with van der Waals surface area (Å²) in [6.07, 6.45) is 0.839. The molecule has 0 atom stereocenters. The van der Waals surface area contributed by atoms with Crippen LogP contribution in [-0.2, 0) is 6.61 Å². The Kier molecular flexibility index (Phi) is 5.75. The van der Waals surface area contributed by atoms with Crippen molar-refractivity contribution in [3.05, 3.63) is 59.2 Å². The Labute approximate surface area is 155 Å². The molecule has 3 aromatic rings. The quantitative estimate of drug-likeness (QED) is 0.686. The van der Waals surface area contributed by atoms with Gasteiger partial charge in [0.25, 0.3) is 5.91 Å². The van der Waals surface area contributed by atoms with Gasteiger partial charge < -0.3 is 14.6 Å². The molecule has 0 spiro atoms. The van der Waals surface area contributed by atoms with Gasteiger partial charge in [0.05, 0.1) is 5.56 Å². The molecule has 0 bridgehead atoms. The standard InChI is InChI=1S/C19H19FN4O3/c1-3-9-21-19(25)16-7-8-17(23-22-16)26-11-15-12(2)27-24-18(15)13-5-4-6-14(20)10-13/h4-8,10H,3,9,11H2,1-2H3,(H,21,25). The van der Waals surface area contributed by atoms with E-state index in [0.717, 1.165) is 6.42 Å². The van der Waals surface area contributed by atoms with E-state index in [-0.39, 0.29) is 29.9 Å². The van der Waals surface area contributed by atoms with E-state index in [4.69, 9.17) is 9.26 Å². The van der Waals surface area contributed by atoms with Crippen LogP contribution in [0.5, 0.6) is 5.88 Å². The van der Waals surface area contributed by atoms with Gasteiger partial charge in [0.15, 0.2) is 5.69 Å². The molecule has 0 fully saturated rings. The molecule has 1 aromatic carbocycles. The van der Waals surface area contributed by atoms with Crippen molar-refractivity contribution in [2.45, 2.75) is 26.9 Å². The first-order valence-corrected chi connectivity index (χ1v) is 8.54. The summed E-state index contributed by atoms with van der Waals surface area (Å²) in [5, 5.41) is 14.5. The predicted octanol–water partition coefficient (Wildman–Crippen LogP) is 3.30. The predicted molar refractivity (Wildman–Crippen MR) is 95.6 cm³/mol. The first kappa shape index (κ1) is 18.5. The van der Waals surface area contributed by atoms with Crippen LogP contribution < -0.4 is 10.1 Å². The molecule has 1 amide bonds. The van der Waals surface area contributed by atoms with E-state index in [9.17, 15) is 9.18 Å². The van der Waals surface area contributed by atoms with Crippen LogP contribution in [0, 0.1) is 12.7 Å². The minimum absolute atomic E-state index is 0.122. The number of aryl methyl sites for hydroxylation is 1. The molecule has 0 unspecified atom stereocenters. The lowest BCUT2D eigenvalue weighted by Gasteiger charge is -2.06. The molecule has 0 radical (unpaired) electrons. The summed E-state index contributed by atoms with van der Waals surface area (Å²) in [6, 6.07) is 9.20. The van der Waals surface area contributed by atoms with Gasteiger partial charge in [-0.3, -0.25) is 4.79 Å². The normalized spacial score (nSPS) is 10.6. The average Bonchev–Trinajstić information content (AvgIpc) is 3.05. The van der Waals surface area contributed by atoms with Crippen molar-refractivity contribution in [1.82, 2.24) is 20.7 Å². The van der Waals surface area contributed by atoms with Crippen molar-refractivity contribution in [1.29, 1.82) is 0 Å². The molecule has 0 saturated carbocycles. The highest BCUT2D eigenvalue weighted by Crippen LogP contribution is 2.26. The summed E-state index contributed by atoms with van der Waals surface area (Å²) >= 11 is 0. The summed E-state index contributed by atoms with van der Waals surface area (Å²) in [5.74, 6) is 0.188. The molecule has 0 aliphatic heterocycles. The van der Waals surface area contributed by atoms with E-state index in [1.54, 1.807) is 31.2 Å². The van der Waals surface area contributed by atoms with Crippen LogP contribution >= 0.6 is 0 Å². The van der Waals surface area contributed by atoms with Crippen molar-refractivity contribution in [2.75, 3.05) is 6.54 Å². The van der Waals surface area contributed by atoms with Crippen molar-refractivity contribution in [2.24, 2.45) is 0 Å². The zero-order valence-electron chi connectivity index (χ0n) is 15.0. The molecule has 8 heteroatoms. The smallest absolute Gasteiger partial charge is 0.271 e. The average molecular weight is 370 g/mol. The first-order valence-electron chi connectivity index (χ1n) is 8.54. The number of carbonyl (C=O) groups excluding carboxylic acids is 1. The highest BCUT2D eigenvalue weighted by Gasteiger charge is 2.16. The van der Waals surface area contributed by atoms with Crippen LogP contribution in [0.3, 0.4) is 0 Å². The third-order valence-corrected chi connectivity index (χ3v) is 3.86. The maximum Gasteiger partial charge on any atom is 0.271 e. The van der Waals surface area contributed by atoms with Crippen LogP contribution in [-0.4, -0.2) is 27.8 Å². The Hall–Kier alpha value is -3.29. The summed E-state index contributed by atoms with van der Waals surface area (Å²) < 4.78 is 24.3. The third kappa shape index (κ3) is 4.46. The summed E-state index contributed by atoms with van der Waals surface area (Å²) in [6.45, 7) is 4.42. The minimum Gasteiger partial charge on any atom is -0.472 e. The molecular formula is C19H19FN4O3. The van der Waals surface area contributed by atoms with Crippen molar-refractivity contribution >= 4 is 5.91 Å². The molecule has 1 N–H and O–H groups in total. The monoisotopic (exact) mass is 370 g/mol. The molecule has 7 nitrogen and oxygen atoms in total. The molecule has 0 aliphatic rings. The molecule has 0 saturated heterocycles. The number of aromatic nitrogens is 3. The summed E-state index contributed by atoms with van der Waals surface area (Å²) in [7, 11) is 0. The van der Waals surface area contributed by atoms with Crippen LogP contribution in [0.1, 0.15) is 35.2 Å². The number of nitrogens with zero attached hydrogens (tertiary/aromatic N) is 3. The number of carbonyl (C=O) groups is 1. The van der Waals surface area contributed by atoms with Gasteiger partial charge in [0.1, 0.15) is 23.9 Å². The first-order chi connectivity index (χ1) is 13.1. The van der Waals surface area contributed by atoms with Gasteiger partial charge in [-0.05, 0) is 31.5 Å². The number of amides is 1. The number of hydrogen-bond donors (Lipinski definition) is 1. The highest BCUT2D eigenvalue weighted by molar-refractivity contribution is 5.92. The van der Waals surface area contributed by atoms with Gasteiger partial charge >= 0.3 is 0 Å². The van der Waals surface area contributed by atoms with E-state index in [2.05, 4.69) is 20.7 Å². The fourth-order valence-corrected chi connectivity index (χ4v) is 2.42. The number of benzene rings is 1. The number of nitrogens with one attached hydrogen (secondary N) is 1. The largest absolute Gasteiger partial charge is 0.472 e. The van der Waals surface area contributed by atoms with E-state index in [1.807, 2.05) is 6.92 Å². The van der Waals surface area contributed by atoms with Crippen molar-refractivity contribution in [3.8, 4) is 17.1 Å². The van der Waals surface area contributed by atoms with Gasteiger partial charge in [-0.15, -0.1) is 10.2 Å². The molecular weight excluding hydrogens is 351 g/mol. The Morgan fingerprint density at radius 3 is 2.81 bits per heavy atom. The molecule has 27 heavy (non-hydrogen) atoms. The van der Waals surface area contributed by atoms with Gasteiger partial charge in [-0.1, -0.05) is 24.2 Å². The maximum absolute atomic E-state index is 13.5. The summed E-state index contributed by atoms with van der Waals surface area (Å²) in [5.41, 5.74) is 2.01. The van der Waals surface area contributed by atoms with E-state index in [0.29, 0.717) is 29.1 Å². The second-order valence-electron chi connectivity index (χ2n) is 5.88. The number of ether oxygens (including phenoxy) is 1. The molecule has 2 aromatic heterocycles. The van der Waals surface area contributed by atoms with Crippen molar-refractivity contribution in [3.63, 3.8) is 0 Å². The zero-order valence-corrected chi connectivity index (χ0v) is 15.0. The van der Waals surface area contributed by atoms with E-state index in [1.165, 1.54) is 12.1 Å². The highest BCUT2D eigenvalue weighted by atomic mass is 19.1. The van der Waals surface area contributed by atoms with Gasteiger partial charge in [0.2, 0.25) is 5.88 Å². The molecule has 140 valence electrons. The lowest BCUT2D eigenvalue weighted by molar-refractivity contribution is 0.0947. The topological polar surface area (TPSA) is 90.1 Å². The second kappa shape index (κ2) is 8.39. The maximum atomic E-state index is 13.5. The van der Waals surface area contributed by atoms with Crippen LogP contribution in [0.4, 0.5) is 4.39 Å². The molecule has 0 aliphatic carbocycles. The Balaban J connectivity index is 1.70. The lowest BCUT2D eigenvalue weighted by Crippen LogP contribution is -2.25. The van der Waals surface area contributed by atoms with Gasteiger partial charge in [-0.2, -0.15) is 0 Å². The Bertz CT molecular complexity index is 925. The Morgan fingerprint density at radius 1 is 1.26 bits per heavy atom. The SMILES string of the molecule is CCCNC(=O)c1ccc(OCc2c(-c3cccc(F)c3)noc2C)nn1. The number of rotatable bonds is 7. The second-order valence-corrected chi connectivity index (χ2v) is 5.88. The lowest BCUT2D eigenvalue weighted by atomic mass is 10.1.